The standard InChI is InChI=1S/C92H135F2N7O40/c1-7-13-60-134-58-27-42-43-26-45(93)44-25-40(107)21-22-89(44,5)91(43,94)56(109)28-90(42,6)92(58,141-60)57(110)35-126-41-19-17-39(18-20-41)97-81(124)38(4)24-48(108)61(37(2)3)98-82(125)46(95)14-11-12-23-96-59(111)36-127-49-16-10-8-9-15-47-62(49)99-100-101(47)29-50-75-63(112)69(118)83(128-50)136-76-51(30-102)130-85(71(120)65(76)114)138-78-53(32-104)132-87(73(122)67(78)116)140-80-55(34-106)133-88(74(123)68(80)117)139-79-54(33-105)131-86(72(121)66(79)115)137-77-52(31-103)129-84(135-75)70(119)64(77)113/h17-22,25,37-38,42-43,45-46,49-56,58,60-61,63-80,83-88,102-106,109,112-123H,7-16,23-24,26-36,95H2,1-6H3,(H,96,111)(H,97,124)(H,98,125)/t38-,42+,43+,45+,46-,49?,50?,51?,52?,53?,54?,55?,56+,58-,60?,61+,63?,64?,65?,66?,67?,68?,69?,70?,71?,72?,73?,74?,75?,76?,77?,78?,79?,80?,83?,84?,85?,86?,87?,88?,89+,90+,91+,92-/m1/s1. The van der Waals surface area contributed by atoms with Crippen molar-refractivity contribution in [3.63, 3.8) is 0 Å². The van der Waals surface area contributed by atoms with E-state index in [9.17, 15) is 121 Å². The summed E-state index contributed by atoms with van der Waals surface area (Å²) in [5, 5.41) is 223. The molecule has 23 N–H and O–H groups in total. The highest BCUT2D eigenvalue weighted by molar-refractivity contribution is 6.01. The second kappa shape index (κ2) is 45.3. The monoisotopic (exact) mass is 2020 g/mol. The lowest BCUT2D eigenvalue weighted by atomic mass is 9.44. The Morgan fingerprint density at radius 2 is 1.08 bits per heavy atom. The molecule has 47 nitrogen and oxygen atoms in total. The number of fused-ring (bicyclic) bond motifs is 8. The Morgan fingerprint density at radius 3 is 1.55 bits per heavy atom. The number of anilines is 1. The lowest BCUT2D eigenvalue weighted by Crippen LogP contribution is -2.71. The van der Waals surface area contributed by atoms with Crippen molar-refractivity contribution >= 4 is 40.8 Å². The highest BCUT2D eigenvalue weighted by Crippen LogP contribution is 2.72. The summed E-state index contributed by atoms with van der Waals surface area (Å²) in [5.74, 6) is -5.97. The number of carbonyl (C=O) groups excluding carboxylic acids is 6. The van der Waals surface area contributed by atoms with E-state index in [2.05, 4.69) is 26.3 Å². The summed E-state index contributed by atoms with van der Waals surface area (Å²) in [5.41, 5.74) is 0.373. The maximum absolute atomic E-state index is 18.1. The van der Waals surface area contributed by atoms with Crippen LogP contribution in [0.25, 0.3) is 0 Å². The van der Waals surface area contributed by atoms with Crippen LogP contribution >= 0.6 is 0 Å². The lowest BCUT2D eigenvalue weighted by Gasteiger charge is -2.63. The van der Waals surface area contributed by atoms with Crippen LogP contribution in [0.2, 0.25) is 0 Å². The SMILES string of the molecule is CCCC1O[C@@H]2C[C@H]3[C@@H]4C[C@H](F)C5=CC(=O)C=C[C@]5(C)[C@@]4(F)[C@@H](O)C[C@]3(C)[C@]2(C(=O)COc2ccc(NC(=O)[C@H](C)CC(=O)[C@@H](NC(=O)[C@H](N)CCCCNC(=O)COC3CCCCCc4c3nnn4CC3OC4OC5C(CO)OC(OC6C(CO)OC(OC7C(CO)OC(OC8C(CO)OC(OC9C(CO)OC(OC3C(O)C4O)C(O)C9O)C(O)C8O)C(O)C7O)C(O)C6O)C(O)C5O)C(C)C)cc2)O1. The third kappa shape index (κ3) is 21.3. The number of Topliss-reactive ketones (excluding diaryl/α,β-unsaturated/α-hetero) is 2. The van der Waals surface area contributed by atoms with Crippen molar-refractivity contribution in [2.24, 2.45) is 40.2 Å². The van der Waals surface area contributed by atoms with E-state index in [4.69, 9.17) is 81.5 Å². The number of ketones is 3. The molecule has 1 aromatic heterocycles. The van der Waals surface area contributed by atoms with Crippen LogP contribution in [0, 0.1) is 34.5 Å². The number of hydrogen-bond donors (Lipinski definition) is 22. The number of allylic oxidation sites excluding steroid dienone is 4. The molecule has 12 bridgehead atoms. The van der Waals surface area contributed by atoms with Crippen LogP contribution in [0.3, 0.4) is 0 Å². The molecule has 28 aliphatic rings. The first-order chi connectivity index (χ1) is 67.1. The largest absolute Gasteiger partial charge is 0.486 e. The van der Waals surface area contributed by atoms with Crippen molar-refractivity contribution in [3.05, 3.63) is 59.5 Å². The maximum atomic E-state index is 18.1. The predicted molar refractivity (Wildman–Crippen MR) is 467 cm³/mol. The number of unbranched alkanes of at least 4 members (excludes halogenated alkanes) is 1. The maximum Gasteiger partial charge on any atom is 0.246 e. The number of carbonyl (C=O) groups is 6. The van der Waals surface area contributed by atoms with Gasteiger partial charge in [-0.25, -0.2) is 13.5 Å². The van der Waals surface area contributed by atoms with Gasteiger partial charge in [-0.15, -0.1) is 5.10 Å². The number of aliphatic hydroxyl groups is 18. The minimum Gasteiger partial charge on any atom is -0.486 e. The fraction of sp³-hybridized carbons (Fsp3) is 0.804. The number of alkyl halides is 2. The molecule has 23 saturated heterocycles. The Bertz CT molecular complexity index is 4660. The van der Waals surface area contributed by atoms with Gasteiger partial charge in [0.05, 0.1) is 69.6 Å². The minimum atomic E-state index is -2.39. The molecule has 5 aliphatic carbocycles. The highest BCUT2D eigenvalue weighted by atomic mass is 19.1. The van der Waals surface area contributed by atoms with Gasteiger partial charge < -0.3 is 189 Å². The quantitative estimate of drug-likeness (QED) is 0.0337. The van der Waals surface area contributed by atoms with Crippen LogP contribution in [0.15, 0.2) is 48.1 Å². The molecular weight excluding hydrogens is 1880 g/mol. The molecule has 1 aromatic carbocycles. The van der Waals surface area contributed by atoms with Crippen LogP contribution in [-0.2, 0) is 113 Å². The molecule has 24 heterocycles. The Hall–Kier alpha value is -6.44. The van der Waals surface area contributed by atoms with E-state index in [0.717, 1.165) is 6.08 Å². The molecule has 141 heavy (non-hydrogen) atoms. The van der Waals surface area contributed by atoms with Gasteiger partial charge in [-0.3, -0.25) is 28.8 Å². The first-order valence-electron chi connectivity index (χ1n) is 48.4. The number of aromatic nitrogens is 3. The second-order valence-electron chi connectivity index (χ2n) is 39.9. The van der Waals surface area contributed by atoms with Gasteiger partial charge in [0.1, 0.15) is 183 Å². The number of halogens is 2. The summed E-state index contributed by atoms with van der Waals surface area (Å²) in [6.07, 6.45) is -59.9. The lowest BCUT2D eigenvalue weighted by molar-refractivity contribution is -0.403. The third-order valence-electron chi connectivity index (χ3n) is 30.5. The van der Waals surface area contributed by atoms with E-state index < -0.39 is 361 Å². The molecule has 3 saturated carbocycles. The summed E-state index contributed by atoms with van der Waals surface area (Å²) >= 11 is 0. The van der Waals surface area contributed by atoms with Gasteiger partial charge in [-0.1, -0.05) is 65.2 Å². The molecule has 792 valence electrons. The normalized spacial score (nSPS) is 43.6. The Kier molecular flexibility index (Phi) is 35.0. The number of nitrogens with zero attached hydrogens (tertiary/aromatic N) is 3. The van der Waals surface area contributed by atoms with Gasteiger partial charge in [0.2, 0.25) is 23.5 Å². The Balaban J connectivity index is 0.549. The first kappa shape index (κ1) is 109. The number of benzene rings is 1. The molecule has 44 atom stereocenters. The molecule has 32 unspecified atom stereocenters. The zero-order chi connectivity index (χ0) is 102. The number of aliphatic hydroxyl groups excluding tert-OH is 18. The summed E-state index contributed by atoms with van der Waals surface area (Å²) < 4.78 is 132. The van der Waals surface area contributed by atoms with Crippen molar-refractivity contribution in [1.29, 1.82) is 0 Å². The van der Waals surface area contributed by atoms with Gasteiger partial charge in [-0.2, -0.15) is 0 Å². The third-order valence-corrected chi connectivity index (χ3v) is 30.5. The first-order valence-corrected chi connectivity index (χ1v) is 48.4. The van der Waals surface area contributed by atoms with E-state index in [1.807, 2.05) is 6.92 Å². The molecule has 2 aromatic rings. The molecule has 49 heteroatoms. The fourth-order valence-electron chi connectivity index (χ4n) is 22.7. The van der Waals surface area contributed by atoms with Crippen LogP contribution in [0.5, 0.6) is 5.75 Å². The summed E-state index contributed by atoms with van der Waals surface area (Å²) in [7, 11) is 0. The van der Waals surface area contributed by atoms with Crippen molar-refractivity contribution in [2.45, 2.75) is 376 Å². The second-order valence-corrected chi connectivity index (χ2v) is 39.9. The van der Waals surface area contributed by atoms with E-state index >= 15 is 8.78 Å². The van der Waals surface area contributed by atoms with Crippen molar-refractivity contribution < 1.29 is 205 Å². The zero-order valence-corrected chi connectivity index (χ0v) is 78.7. The topological polar surface area (TPSA) is 707 Å². The van der Waals surface area contributed by atoms with Gasteiger partial charge in [0, 0.05) is 41.3 Å². The summed E-state index contributed by atoms with van der Waals surface area (Å²) in [6, 6.07) is 4.00. The zero-order valence-electron chi connectivity index (χ0n) is 78.7. The smallest absolute Gasteiger partial charge is 0.246 e. The van der Waals surface area contributed by atoms with Crippen LogP contribution < -0.4 is 26.4 Å². The van der Waals surface area contributed by atoms with Crippen molar-refractivity contribution in [2.75, 3.05) is 58.1 Å². The highest BCUT2D eigenvalue weighted by Gasteiger charge is 2.80. The number of hydrogen-bond acceptors (Lipinski definition) is 43. The molecule has 0 radical (unpaired) electrons. The molecule has 23 aliphatic heterocycles. The van der Waals surface area contributed by atoms with Gasteiger partial charge in [-0.05, 0) is 125 Å². The number of rotatable bonds is 29. The van der Waals surface area contributed by atoms with E-state index in [-0.39, 0.29) is 62.1 Å². The average molecular weight is 2020 g/mol. The van der Waals surface area contributed by atoms with Crippen LogP contribution in [0.4, 0.5) is 14.5 Å². The molecule has 30 rings (SSSR count). The number of nitrogens with one attached hydrogen (secondary N) is 3. The van der Waals surface area contributed by atoms with E-state index in [1.165, 1.54) is 48.0 Å². The molecule has 26 fully saturated rings. The van der Waals surface area contributed by atoms with Crippen LogP contribution in [-0.4, -0.2) is 427 Å². The molecule has 0 spiro atoms. The predicted octanol–water partition coefficient (Wildman–Crippen LogP) is -6.44. The van der Waals surface area contributed by atoms with Gasteiger partial charge >= 0.3 is 0 Å². The summed E-state index contributed by atoms with van der Waals surface area (Å²) in [4.78, 5) is 82.1. The summed E-state index contributed by atoms with van der Waals surface area (Å²) in [6.45, 7) is 3.46. The number of nitrogens with two attached hydrogens (primary N) is 1. The Morgan fingerprint density at radius 1 is 0.596 bits per heavy atom. The van der Waals surface area contributed by atoms with Gasteiger partial charge in [0.25, 0.3) is 0 Å². The fourth-order valence-corrected chi connectivity index (χ4v) is 22.7. The molecule has 3 amide bonds. The number of ether oxygens (including phenoxy) is 16. The van der Waals surface area contributed by atoms with Crippen molar-refractivity contribution in [1.82, 2.24) is 25.6 Å². The Labute approximate surface area is 808 Å². The van der Waals surface area contributed by atoms with E-state index in [0.29, 0.717) is 62.7 Å². The van der Waals surface area contributed by atoms with Crippen molar-refractivity contribution in [3.8, 4) is 5.75 Å². The van der Waals surface area contributed by atoms with Gasteiger partial charge in [0.15, 0.2) is 66.9 Å². The van der Waals surface area contributed by atoms with E-state index in [1.54, 1.807) is 27.7 Å². The minimum absolute atomic E-state index is 0.0221. The number of amides is 3. The van der Waals surface area contributed by atoms with Crippen LogP contribution in [0.1, 0.15) is 143 Å². The average Bonchev–Trinajstić information content (AvgIpc) is 1.49. The molecular formula is C92H135F2N7O40.